The number of primary amides is 1. The van der Waals surface area contributed by atoms with E-state index >= 15 is 0 Å². The van der Waals surface area contributed by atoms with Crippen LogP contribution in [0.2, 0.25) is 0 Å². The first-order chi connectivity index (χ1) is 29.9. The number of phosphoric acid groups is 1. The van der Waals surface area contributed by atoms with Crippen molar-refractivity contribution in [3.05, 3.63) is 54.1 Å². The van der Waals surface area contributed by atoms with E-state index < -0.39 is 74.2 Å². The normalized spacial score (nSPS) is 13.9. The maximum absolute atomic E-state index is 13.9. The van der Waals surface area contributed by atoms with Gasteiger partial charge in [0.2, 0.25) is 35.4 Å². The lowest BCUT2D eigenvalue weighted by atomic mass is 10.0. The maximum Gasteiger partial charge on any atom is 0.469 e. The Hall–Kier alpha value is -4.76. The smallest absolute Gasteiger partial charge is 0.394 e. The number of nitrogens with two attached hydrogens (primary N) is 1. The van der Waals surface area contributed by atoms with Gasteiger partial charge in [-0.25, -0.2) is 9.55 Å². The number of unbranched alkanes of at least 4 members (excludes halogenated alkanes) is 5. The molecule has 6 amide bonds. The lowest BCUT2D eigenvalue weighted by Gasteiger charge is -2.28. The number of hydrogen-bond acceptors (Lipinski definition) is 12. The van der Waals surface area contributed by atoms with Crippen molar-refractivity contribution in [1.82, 2.24) is 36.1 Å². The lowest BCUT2D eigenvalue weighted by Crippen LogP contribution is -2.60. The average molecular weight is 911 g/mol. The third-order valence-corrected chi connectivity index (χ3v) is 10.3. The predicted octanol–water partition coefficient (Wildman–Crippen LogP) is 0.378. The van der Waals surface area contributed by atoms with E-state index in [1.807, 2.05) is 32.0 Å². The zero-order valence-corrected chi connectivity index (χ0v) is 37.6. The molecule has 2 rings (SSSR count). The zero-order valence-electron chi connectivity index (χ0n) is 36.7. The molecule has 1 aromatic carbocycles. The Bertz CT molecular complexity index is 1730. The van der Waals surface area contributed by atoms with Crippen molar-refractivity contribution in [2.75, 3.05) is 46.6 Å². The Morgan fingerprint density at radius 3 is 2.08 bits per heavy atom. The van der Waals surface area contributed by atoms with Crippen molar-refractivity contribution < 1.29 is 62.2 Å². The molecule has 0 spiro atoms. The first-order valence-corrected chi connectivity index (χ1v) is 22.7. The van der Waals surface area contributed by atoms with Crippen molar-refractivity contribution in [3.8, 4) is 0 Å². The molecule has 21 nitrogen and oxygen atoms in total. The molecule has 0 unspecified atom stereocenters. The molecule has 0 saturated carbocycles. The molecule has 0 bridgehead atoms. The van der Waals surface area contributed by atoms with Crippen molar-refractivity contribution >= 4 is 43.3 Å². The number of aryl methyl sites for hydroxylation is 1. The summed E-state index contributed by atoms with van der Waals surface area (Å²) in [5.74, 6) is -5.11. The van der Waals surface area contributed by atoms with Crippen LogP contribution in [0.4, 0.5) is 0 Å². The number of rotatable bonds is 33. The fraction of sp³-hybridized carbons (Fsp3) is 0.634. The Kier molecular flexibility index (Phi) is 25.5. The van der Waals surface area contributed by atoms with E-state index in [0.29, 0.717) is 31.9 Å². The topological polar surface area (TPSA) is 314 Å². The van der Waals surface area contributed by atoms with E-state index in [0.717, 1.165) is 45.4 Å². The van der Waals surface area contributed by atoms with Gasteiger partial charge >= 0.3 is 7.82 Å². The summed E-state index contributed by atoms with van der Waals surface area (Å²) in [7, 11) is -3.57. The van der Waals surface area contributed by atoms with Gasteiger partial charge in [-0.15, -0.1) is 0 Å². The van der Waals surface area contributed by atoms with Crippen molar-refractivity contribution in [3.63, 3.8) is 0 Å². The summed E-state index contributed by atoms with van der Waals surface area (Å²) in [6.07, 6.45) is 7.84. The number of ether oxygens (including phenoxy) is 2. The van der Waals surface area contributed by atoms with Gasteiger partial charge in [0.25, 0.3) is 0 Å². The van der Waals surface area contributed by atoms with E-state index in [-0.39, 0.29) is 44.2 Å². The number of imidazole rings is 1. The molecular formula is C41H67N8O13P. The number of phosphoric ester groups is 1. The van der Waals surface area contributed by atoms with Crippen molar-refractivity contribution in [2.24, 2.45) is 11.7 Å². The predicted molar refractivity (Wildman–Crippen MR) is 230 cm³/mol. The number of H-pyrrole nitrogens is 1. The standard InChI is InChI=1S/C41H67N8O13P/c1-28(2)22-32(45-35(51)25-49(36(52)17-19-61-21-20-60-4)18-13-8-6-5-7-10-14-30-15-11-9-12-16-30)39(54)46-33(23-31-24-43-27-44-31)40(55)47-34(26-50)41(56)48-37(38(42)53)29(3)62-63(57,58)59/h9,11-12,15-16,24,27-29,32-34,37,50H,5-8,10,13-14,17-23,25-26H2,1-4H3,(H2,42,53)(H,43,44)(H,45,51)(H,46,54)(H,47,55)(H,48,56)(H2,57,58,59)/t29-,32+,33+,34+,37+/m1/s1. The molecule has 1 heterocycles. The molecule has 63 heavy (non-hydrogen) atoms. The highest BCUT2D eigenvalue weighted by molar-refractivity contribution is 7.46. The molecule has 0 radical (unpaired) electrons. The molecule has 2 aromatic rings. The molecule has 22 heteroatoms. The summed E-state index contributed by atoms with van der Waals surface area (Å²) in [4.78, 5) is 106. The minimum atomic E-state index is -5.11. The van der Waals surface area contributed by atoms with E-state index in [9.17, 15) is 38.4 Å². The van der Waals surface area contributed by atoms with Crippen LogP contribution in [0.25, 0.3) is 0 Å². The Balaban J connectivity index is 2.14. The van der Waals surface area contributed by atoms with Gasteiger partial charge in [-0.2, -0.15) is 0 Å². The van der Waals surface area contributed by atoms with Gasteiger partial charge in [-0.3, -0.25) is 33.3 Å². The second-order valence-corrected chi connectivity index (χ2v) is 16.7. The number of methoxy groups -OCH3 is 1. The summed E-state index contributed by atoms with van der Waals surface area (Å²) in [6, 6.07) is 4.22. The van der Waals surface area contributed by atoms with Crippen LogP contribution in [0.3, 0.4) is 0 Å². The van der Waals surface area contributed by atoms with E-state index in [1.165, 1.54) is 30.1 Å². The van der Waals surface area contributed by atoms with Crippen LogP contribution in [0.15, 0.2) is 42.9 Å². The number of nitrogens with one attached hydrogen (secondary N) is 5. The number of amides is 6. The monoisotopic (exact) mass is 910 g/mol. The second kappa shape index (κ2) is 29.6. The lowest BCUT2D eigenvalue weighted by molar-refractivity contribution is -0.138. The molecule has 0 saturated heterocycles. The van der Waals surface area contributed by atoms with Crippen molar-refractivity contribution in [2.45, 2.75) is 115 Å². The Morgan fingerprint density at radius 2 is 1.48 bits per heavy atom. The average Bonchev–Trinajstić information content (AvgIpc) is 3.74. The number of hydrogen-bond donors (Lipinski definition) is 9. The van der Waals surface area contributed by atoms with Gasteiger partial charge < -0.3 is 61.3 Å². The summed E-state index contributed by atoms with van der Waals surface area (Å²) < 4.78 is 26.3. The number of carbonyl (C=O) groups excluding carboxylic acids is 6. The van der Waals surface area contributed by atoms with Crippen molar-refractivity contribution in [1.29, 1.82) is 0 Å². The fourth-order valence-corrected chi connectivity index (χ4v) is 7.02. The number of nitrogens with zero attached hydrogens (tertiary/aromatic N) is 2. The molecule has 0 fully saturated rings. The summed E-state index contributed by atoms with van der Waals surface area (Å²) in [5.41, 5.74) is 7.01. The highest BCUT2D eigenvalue weighted by Gasteiger charge is 2.35. The molecule has 5 atom stereocenters. The highest BCUT2D eigenvalue weighted by atomic mass is 31.2. The fourth-order valence-electron chi connectivity index (χ4n) is 6.47. The molecule has 0 aliphatic heterocycles. The first kappa shape index (κ1) is 54.4. The maximum atomic E-state index is 13.9. The minimum absolute atomic E-state index is 0.0347. The number of carbonyl (C=O) groups is 6. The summed E-state index contributed by atoms with van der Waals surface area (Å²) in [6.45, 7) is 4.52. The molecule has 1 aromatic heterocycles. The van der Waals surface area contributed by atoms with Crippen LogP contribution >= 0.6 is 7.82 Å². The van der Waals surface area contributed by atoms with Gasteiger partial charge in [0.1, 0.15) is 24.2 Å². The van der Waals surface area contributed by atoms with Gasteiger partial charge in [0.05, 0.1) is 51.8 Å². The number of aliphatic hydroxyl groups excluding tert-OH is 1. The second-order valence-electron chi connectivity index (χ2n) is 15.6. The van der Waals surface area contributed by atoms with Crippen LogP contribution in [0.1, 0.15) is 83.4 Å². The zero-order chi connectivity index (χ0) is 46.8. The van der Waals surface area contributed by atoms with Crippen LogP contribution in [0, 0.1) is 5.92 Å². The van der Waals surface area contributed by atoms with Gasteiger partial charge in [-0.1, -0.05) is 69.9 Å². The summed E-state index contributed by atoms with van der Waals surface area (Å²) >= 11 is 0. The SMILES string of the molecule is COCCOCCC(=O)N(CCCCCCCCc1ccccc1)CC(=O)N[C@@H](CC(C)C)C(=O)N[C@@H](Cc1cnc[nH]1)C(=O)N[C@@H](CO)C(=O)N[C@H](C(N)=O)[C@@H](C)OP(=O)(O)O. The highest BCUT2D eigenvalue weighted by Crippen LogP contribution is 2.38. The van der Waals surface area contributed by atoms with E-state index in [2.05, 4.69) is 47.9 Å². The largest absolute Gasteiger partial charge is 0.469 e. The van der Waals surface area contributed by atoms with Crippen LogP contribution in [0.5, 0.6) is 0 Å². The van der Waals surface area contributed by atoms with E-state index in [4.69, 9.17) is 25.0 Å². The van der Waals surface area contributed by atoms with Gasteiger partial charge in [0, 0.05) is 32.0 Å². The molecule has 0 aliphatic carbocycles. The third-order valence-electron chi connectivity index (χ3n) is 9.73. The molecular weight excluding hydrogens is 843 g/mol. The first-order valence-electron chi connectivity index (χ1n) is 21.1. The van der Waals surface area contributed by atoms with E-state index in [1.54, 1.807) is 0 Å². The Labute approximate surface area is 368 Å². The van der Waals surface area contributed by atoms with Crippen LogP contribution < -0.4 is 27.0 Å². The minimum Gasteiger partial charge on any atom is -0.394 e. The number of aliphatic hydroxyl groups is 1. The number of benzene rings is 1. The van der Waals surface area contributed by atoms with Crippen LogP contribution in [-0.4, -0.2) is 142 Å². The quantitative estimate of drug-likeness (QED) is 0.0346. The third kappa shape index (κ3) is 22.9. The van der Waals surface area contributed by atoms with Crippen LogP contribution in [-0.2, 0) is 60.2 Å². The Morgan fingerprint density at radius 1 is 0.841 bits per heavy atom. The molecule has 10 N–H and O–H groups in total. The van der Waals surface area contributed by atoms with Gasteiger partial charge in [0.15, 0.2) is 0 Å². The number of aromatic nitrogens is 2. The summed E-state index contributed by atoms with van der Waals surface area (Å²) in [5, 5.41) is 19.8. The van der Waals surface area contributed by atoms with Gasteiger partial charge in [-0.05, 0) is 44.1 Å². The molecule has 354 valence electrons. The number of aromatic amines is 1. The molecule has 0 aliphatic rings.